The monoisotopic (exact) mass is 201 g/mol. The molecule has 1 heterocycles. The fourth-order valence-corrected chi connectivity index (χ4v) is 1.15. The molecule has 1 aromatic heterocycles. The third-order valence-electron chi connectivity index (χ3n) is 2.01. The first-order valence-electron chi connectivity index (χ1n) is 4.62. The Morgan fingerprint density at radius 1 is 0.933 bits per heavy atom. The van der Waals surface area contributed by atoms with E-state index in [2.05, 4.69) is 25.7 Å². The molecular formula is C10H11N5. The van der Waals surface area contributed by atoms with Gasteiger partial charge in [0.2, 0.25) is 5.82 Å². The molecular weight excluding hydrogens is 190 g/mol. The molecule has 15 heavy (non-hydrogen) atoms. The zero-order valence-electron chi connectivity index (χ0n) is 8.60. The van der Waals surface area contributed by atoms with E-state index in [0.717, 1.165) is 5.56 Å². The predicted octanol–water partition coefficient (Wildman–Crippen LogP) is 1.28. The summed E-state index contributed by atoms with van der Waals surface area (Å²) in [4.78, 5) is 0. The number of anilines is 1. The maximum atomic E-state index is 3.96. The van der Waals surface area contributed by atoms with Gasteiger partial charge in [-0.1, -0.05) is 29.8 Å². The Bertz CT molecular complexity index is 434. The number of hydrogen-bond acceptors (Lipinski definition) is 5. The molecule has 2 aromatic rings. The minimum Gasteiger partial charge on any atom is -0.355 e. The van der Waals surface area contributed by atoms with Crippen LogP contribution < -0.4 is 5.32 Å². The van der Waals surface area contributed by atoms with Gasteiger partial charge >= 0.3 is 0 Å². The van der Waals surface area contributed by atoms with Crippen LogP contribution in [-0.2, 0) is 0 Å². The highest BCUT2D eigenvalue weighted by Crippen LogP contribution is 2.13. The minimum atomic E-state index is 0.422. The summed E-state index contributed by atoms with van der Waals surface area (Å²) in [6.07, 6.45) is 0. The number of nitrogens with zero attached hydrogens (tertiary/aromatic N) is 4. The van der Waals surface area contributed by atoms with Gasteiger partial charge in [-0.2, -0.15) is 0 Å². The summed E-state index contributed by atoms with van der Waals surface area (Å²) in [6, 6.07) is 7.91. The summed E-state index contributed by atoms with van der Waals surface area (Å²) < 4.78 is 0. The van der Waals surface area contributed by atoms with E-state index in [9.17, 15) is 0 Å². The first-order chi connectivity index (χ1) is 7.29. The summed E-state index contributed by atoms with van der Waals surface area (Å²) in [6.45, 7) is 2.03. The number of hydrogen-bond donors (Lipinski definition) is 1. The zero-order valence-corrected chi connectivity index (χ0v) is 8.60. The first kappa shape index (κ1) is 9.51. The first-order valence-corrected chi connectivity index (χ1v) is 4.62. The van der Waals surface area contributed by atoms with E-state index in [0.29, 0.717) is 11.8 Å². The number of aromatic nitrogens is 4. The largest absolute Gasteiger partial charge is 0.355 e. The lowest BCUT2D eigenvalue weighted by Gasteiger charge is -1.99. The molecule has 1 N–H and O–H groups in total. The van der Waals surface area contributed by atoms with Crippen LogP contribution in [0, 0.1) is 6.92 Å². The molecule has 76 valence electrons. The fourth-order valence-electron chi connectivity index (χ4n) is 1.15. The summed E-state index contributed by atoms with van der Waals surface area (Å²) in [5, 5.41) is 18.4. The van der Waals surface area contributed by atoms with Gasteiger partial charge in [0.1, 0.15) is 0 Å². The van der Waals surface area contributed by atoms with Crippen molar-refractivity contribution in [2.75, 3.05) is 12.4 Å². The summed E-state index contributed by atoms with van der Waals surface area (Å²) in [5.74, 6) is 0.958. The second-order valence-corrected chi connectivity index (χ2v) is 3.16. The Labute approximate surface area is 87.6 Å². The second-order valence-electron chi connectivity index (χ2n) is 3.16. The van der Waals surface area contributed by atoms with Gasteiger partial charge in [-0.15, -0.1) is 20.4 Å². The predicted molar refractivity (Wildman–Crippen MR) is 57.3 cm³/mol. The molecule has 0 aliphatic carbocycles. The molecule has 1 aromatic carbocycles. The van der Waals surface area contributed by atoms with Gasteiger partial charge in [-0.05, 0) is 6.92 Å². The molecule has 0 spiro atoms. The number of nitrogens with one attached hydrogen (secondary N) is 1. The lowest BCUT2D eigenvalue weighted by Crippen LogP contribution is -2.02. The van der Waals surface area contributed by atoms with Gasteiger partial charge in [-0.25, -0.2) is 0 Å². The lowest BCUT2D eigenvalue weighted by atomic mass is 10.1. The average molecular weight is 201 g/mol. The standard InChI is InChI=1S/C10H11N5/c1-7-3-5-8(6-4-7)9-12-14-10(11-2)15-13-9/h3-6H,1-2H3,(H,11,14,15). The molecule has 0 saturated heterocycles. The van der Waals surface area contributed by atoms with Gasteiger partial charge in [-0.3, -0.25) is 0 Å². The fraction of sp³-hybridized carbons (Fsp3) is 0.200. The van der Waals surface area contributed by atoms with E-state index in [-0.39, 0.29) is 0 Å². The SMILES string of the molecule is CNc1nnc(-c2ccc(C)cc2)nn1. The molecule has 0 aliphatic heterocycles. The molecule has 5 nitrogen and oxygen atoms in total. The molecule has 0 radical (unpaired) electrons. The van der Waals surface area contributed by atoms with Gasteiger partial charge in [0.15, 0.2) is 0 Å². The van der Waals surface area contributed by atoms with Crippen LogP contribution in [0.5, 0.6) is 0 Å². The van der Waals surface area contributed by atoms with Crippen LogP contribution in [0.15, 0.2) is 24.3 Å². The van der Waals surface area contributed by atoms with E-state index in [1.165, 1.54) is 5.56 Å². The van der Waals surface area contributed by atoms with Crippen molar-refractivity contribution in [3.63, 3.8) is 0 Å². The number of rotatable bonds is 2. The van der Waals surface area contributed by atoms with Crippen molar-refractivity contribution < 1.29 is 0 Å². The van der Waals surface area contributed by atoms with E-state index < -0.39 is 0 Å². The molecule has 0 aliphatic rings. The molecule has 0 unspecified atom stereocenters. The van der Waals surface area contributed by atoms with Crippen molar-refractivity contribution >= 4 is 5.95 Å². The van der Waals surface area contributed by atoms with Crippen molar-refractivity contribution in [3.05, 3.63) is 29.8 Å². The van der Waals surface area contributed by atoms with Gasteiger partial charge in [0.05, 0.1) is 0 Å². The van der Waals surface area contributed by atoms with E-state index >= 15 is 0 Å². The smallest absolute Gasteiger partial charge is 0.261 e. The molecule has 0 atom stereocenters. The van der Waals surface area contributed by atoms with E-state index in [4.69, 9.17) is 0 Å². The van der Waals surface area contributed by atoms with Crippen LogP contribution in [0.2, 0.25) is 0 Å². The van der Waals surface area contributed by atoms with Crippen molar-refractivity contribution in [2.45, 2.75) is 6.92 Å². The Morgan fingerprint density at radius 2 is 1.53 bits per heavy atom. The van der Waals surface area contributed by atoms with E-state index in [1.807, 2.05) is 31.2 Å². The third kappa shape index (κ3) is 2.07. The van der Waals surface area contributed by atoms with Crippen molar-refractivity contribution in [1.29, 1.82) is 0 Å². The second kappa shape index (κ2) is 4.00. The Hall–Kier alpha value is -2.04. The highest BCUT2D eigenvalue weighted by molar-refractivity contribution is 5.54. The van der Waals surface area contributed by atoms with Crippen LogP contribution in [0.25, 0.3) is 11.4 Å². The third-order valence-corrected chi connectivity index (χ3v) is 2.01. The highest BCUT2D eigenvalue weighted by Gasteiger charge is 2.02. The summed E-state index contributed by atoms with van der Waals surface area (Å²) in [7, 11) is 1.73. The molecule has 0 fully saturated rings. The van der Waals surface area contributed by atoms with Crippen LogP contribution in [0.3, 0.4) is 0 Å². The topological polar surface area (TPSA) is 63.6 Å². The van der Waals surface area contributed by atoms with Crippen LogP contribution in [0.1, 0.15) is 5.56 Å². The molecule has 0 bridgehead atoms. The minimum absolute atomic E-state index is 0.422. The molecule has 0 amide bonds. The molecule has 0 saturated carbocycles. The van der Waals surface area contributed by atoms with Gasteiger partial charge in [0, 0.05) is 12.6 Å². The van der Waals surface area contributed by atoms with Crippen LogP contribution in [0.4, 0.5) is 5.95 Å². The van der Waals surface area contributed by atoms with Gasteiger partial charge < -0.3 is 5.32 Å². The maximum absolute atomic E-state index is 3.96. The zero-order chi connectivity index (χ0) is 10.7. The molecule has 5 heteroatoms. The quantitative estimate of drug-likeness (QED) is 0.793. The normalized spacial score (nSPS) is 10.0. The van der Waals surface area contributed by atoms with E-state index in [1.54, 1.807) is 7.05 Å². The highest BCUT2D eigenvalue weighted by atomic mass is 15.3. The summed E-state index contributed by atoms with van der Waals surface area (Å²) >= 11 is 0. The Morgan fingerprint density at radius 3 is 2.07 bits per heavy atom. The lowest BCUT2D eigenvalue weighted by molar-refractivity contribution is 0.872. The Balaban J connectivity index is 2.33. The number of benzene rings is 1. The van der Waals surface area contributed by atoms with Crippen molar-refractivity contribution in [2.24, 2.45) is 0 Å². The van der Waals surface area contributed by atoms with Crippen molar-refractivity contribution in [1.82, 2.24) is 20.4 Å². The van der Waals surface area contributed by atoms with Crippen LogP contribution in [-0.4, -0.2) is 27.4 Å². The Kier molecular flexibility index (Phi) is 2.53. The average Bonchev–Trinajstić information content (AvgIpc) is 2.30. The van der Waals surface area contributed by atoms with Crippen molar-refractivity contribution in [3.8, 4) is 11.4 Å². The van der Waals surface area contributed by atoms with Gasteiger partial charge in [0.25, 0.3) is 5.95 Å². The maximum Gasteiger partial charge on any atom is 0.261 e. The summed E-state index contributed by atoms with van der Waals surface area (Å²) in [5.41, 5.74) is 2.12. The molecule has 2 rings (SSSR count). The van der Waals surface area contributed by atoms with Crippen LogP contribution >= 0.6 is 0 Å². The number of aryl methyl sites for hydroxylation is 1.